The van der Waals surface area contributed by atoms with Crippen LogP contribution in [0.1, 0.15) is 23.2 Å². The maximum Gasteiger partial charge on any atom is 0.219 e. The van der Waals surface area contributed by atoms with E-state index in [1.807, 2.05) is 6.07 Å². The summed E-state index contributed by atoms with van der Waals surface area (Å²) in [7, 11) is 0. The Morgan fingerprint density at radius 3 is 2.62 bits per heavy atom. The minimum atomic E-state index is -1.38. The highest BCUT2D eigenvalue weighted by atomic mass is 32.2. The molecule has 4 heteroatoms. The molecule has 88 valence electrons. The summed E-state index contributed by atoms with van der Waals surface area (Å²) in [4.78, 5) is 11.6. The van der Waals surface area contributed by atoms with Crippen molar-refractivity contribution in [3.05, 3.63) is 35.9 Å². The molecule has 0 saturated carbocycles. The van der Waals surface area contributed by atoms with E-state index in [1.54, 1.807) is 24.3 Å². The van der Waals surface area contributed by atoms with Crippen LogP contribution in [0, 0.1) is 0 Å². The summed E-state index contributed by atoms with van der Waals surface area (Å²) in [5.74, 6) is 0.536. The van der Waals surface area contributed by atoms with E-state index in [0.29, 0.717) is 17.7 Å². The second kappa shape index (κ2) is 7.39. The van der Waals surface area contributed by atoms with Crippen molar-refractivity contribution in [3.8, 4) is 0 Å². The fourth-order valence-corrected chi connectivity index (χ4v) is 2.00. The standard InChI is InChI=1S/C12H14F2OS/c13-9-11(14)7-4-8-16-12(15)10-5-2-1-3-6-10/h1-3,5-6,11H,4,7-9H2. The van der Waals surface area contributed by atoms with Crippen LogP contribution >= 0.6 is 11.8 Å². The topological polar surface area (TPSA) is 17.1 Å². The second-order valence-corrected chi connectivity index (χ2v) is 4.46. The van der Waals surface area contributed by atoms with E-state index in [2.05, 4.69) is 0 Å². The highest BCUT2D eigenvalue weighted by Gasteiger charge is 2.08. The average molecular weight is 244 g/mol. The molecule has 0 aliphatic carbocycles. The van der Waals surface area contributed by atoms with Crippen LogP contribution in [0.2, 0.25) is 0 Å². The van der Waals surface area contributed by atoms with Crippen molar-refractivity contribution < 1.29 is 13.6 Å². The fourth-order valence-electron chi connectivity index (χ4n) is 1.20. The largest absolute Gasteiger partial charge is 0.282 e. The molecular formula is C12H14F2OS. The highest BCUT2D eigenvalue weighted by Crippen LogP contribution is 2.15. The Morgan fingerprint density at radius 1 is 1.31 bits per heavy atom. The summed E-state index contributed by atoms with van der Waals surface area (Å²) >= 11 is 1.15. The van der Waals surface area contributed by atoms with E-state index < -0.39 is 12.8 Å². The van der Waals surface area contributed by atoms with Crippen LogP contribution in [-0.4, -0.2) is 23.7 Å². The Hall–Kier alpha value is -0.900. The minimum Gasteiger partial charge on any atom is -0.282 e. The van der Waals surface area contributed by atoms with Crippen molar-refractivity contribution in [2.75, 3.05) is 12.4 Å². The predicted molar refractivity (Wildman–Crippen MR) is 63.3 cm³/mol. The van der Waals surface area contributed by atoms with Crippen LogP contribution < -0.4 is 0 Å². The van der Waals surface area contributed by atoms with Gasteiger partial charge in [0, 0.05) is 11.3 Å². The van der Waals surface area contributed by atoms with Crippen LogP contribution in [0.4, 0.5) is 8.78 Å². The van der Waals surface area contributed by atoms with Gasteiger partial charge in [0.2, 0.25) is 5.12 Å². The zero-order valence-electron chi connectivity index (χ0n) is 8.86. The number of halogens is 2. The van der Waals surface area contributed by atoms with Gasteiger partial charge in [-0.05, 0) is 12.8 Å². The molecule has 1 aromatic rings. The molecule has 1 rings (SSSR count). The van der Waals surface area contributed by atoms with Crippen molar-refractivity contribution in [2.45, 2.75) is 19.0 Å². The van der Waals surface area contributed by atoms with Gasteiger partial charge in [-0.15, -0.1) is 0 Å². The molecule has 0 amide bonds. The third-order valence-electron chi connectivity index (χ3n) is 2.07. The first-order valence-electron chi connectivity index (χ1n) is 5.16. The van der Waals surface area contributed by atoms with Crippen molar-refractivity contribution in [1.29, 1.82) is 0 Å². The molecule has 0 heterocycles. The van der Waals surface area contributed by atoms with E-state index in [0.717, 1.165) is 11.8 Å². The Balaban J connectivity index is 2.21. The molecule has 0 fully saturated rings. The summed E-state index contributed by atoms with van der Waals surface area (Å²) in [6.45, 7) is -0.933. The van der Waals surface area contributed by atoms with Gasteiger partial charge in [0.1, 0.15) is 12.8 Å². The normalized spacial score (nSPS) is 12.4. The van der Waals surface area contributed by atoms with E-state index in [4.69, 9.17) is 0 Å². The molecule has 0 aliphatic heterocycles. The number of thioether (sulfide) groups is 1. The molecule has 16 heavy (non-hydrogen) atoms. The van der Waals surface area contributed by atoms with Gasteiger partial charge in [-0.1, -0.05) is 42.1 Å². The number of hydrogen-bond acceptors (Lipinski definition) is 2. The summed E-state index contributed by atoms with van der Waals surface area (Å²) in [5, 5.41) is -0.0174. The Kier molecular flexibility index (Phi) is 6.08. The van der Waals surface area contributed by atoms with Crippen LogP contribution in [0.5, 0.6) is 0 Å². The predicted octanol–water partition coefficient (Wildman–Crippen LogP) is 3.65. The van der Waals surface area contributed by atoms with Gasteiger partial charge in [0.05, 0.1) is 0 Å². The molecule has 0 spiro atoms. The second-order valence-electron chi connectivity index (χ2n) is 3.40. The summed E-state index contributed by atoms with van der Waals surface area (Å²) in [5.41, 5.74) is 0.648. The summed E-state index contributed by atoms with van der Waals surface area (Å²) < 4.78 is 24.3. The maximum absolute atomic E-state index is 12.5. The first-order chi connectivity index (χ1) is 7.74. The fraction of sp³-hybridized carbons (Fsp3) is 0.417. The van der Waals surface area contributed by atoms with E-state index >= 15 is 0 Å². The van der Waals surface area contributed by atoms with Gasteiger partial charge in [0.25, 0.3) is 0 Å². The number of rotatable bonds is 6. The van der Waals surface area contributed by atoms with Crippen LogP contribution in [0.25, 0.3) is 0 Å². The van der Waals surface area contributed by atoms with Crippen molar-refractivity contribution in [2.24, 2.45) is 0 Å². The highest BCUT2D eigenvalue weighted by molar-refractivity contribution is 8.14. The number of alkyl halides is 2. The van der Waals surface area contributed by atoms with Crippen LogP contribution in [0.3, 0.4) is 0 Å². The minimum absolute atomic E-state index is 0.0174. The van der Waals surface area contributed by atoms with E-state index in [9.17, 15) is 13.6 Å². The molecule has 0 aromatic heterocycles. The SMILES string of the molecule is O=C(SCCCC(F)CF)c1ccccc1. The molecule has 1 aromatic carbocycles. The lowest BCUT2D eigenvalue weighted by Crippen LogP contribution is -2.03. The van der Waals surface area contributed by atoms with Gasteiger partial charge < -0.3 is 0 Å². The molecule has 1 unspecified atom stereocenters. The lowest BCUT2D eigenvalue weighted by Gasteiger charge is -2.03. The molecule has 0 bridgehead atoms. The Labute approximate surface area is 98.2 Å². The molecule has 0 saturated heterocycles. The van der Waals surface area contributed by atoms with Crippen LogP contribution in [0.15, 0.2) is 30.3 Å². The molecule has 0 N–H and O–H groups in total. The monoisotopic (exact) mass is 244 g/mol. The lowest BCUT2D eigenvalue weighted by molar-refractivity contribution is 0.108. The number of benzene rings is 1. The molecular weight excluding hydrogens is 230 g/mol. The number of carbonyl (C=O) groups is 1. The molecule has 0 aliphatic rings. The molecule has 1 nitrogen and oxygen atoms in total. The molecule has 0 radical (unpaired) electrons. The third-order valence-corrected chi connectivity index (χ3v) is 3.06. The lowest BCUT2D eigenvalue weighted by atomic mass is 10.2. The maximum atomic E-state index is 12.5. The summed E-state index contributed by atoms with van der Waals surface area (Å²) in [6.07, 6.45) is -0.674. The van der Waals surface area contributed by atoms with E-state index in [-0.39, 0.29) is 11.5 Å². The smallest absolute Gasteiger partial charge is 0.219 e. The van der Waals surface area contributed by atoms with Crippen molar-refractivity contribution in [3.63, 3.8) is 0 Å². The van der Waals surface area contributed by atoms with Crippen molar-refractivity contribution >= 4 is 16.9 Å². The third kappa shape index (κ3) is 4.75. The van der Waals surface area contributed by atoms with Gasteiger partial charge in [-0.2, -0.15) is 0 Å². The first kappa shape index (κ1) is 13.2. The first-order valence-corrected chi connectivity index (χ1v) is 6.15. The number of carbonyl (C=O) groups excluding carboxylic acids is 1. The Bertz CT molecular complexity index is 316. The van der Waals surface area contributed by atoms with Gasteiger partial charge in [-0.3, -0.25) is 4.79 Å². The zero-order valence-corrected chi connectivity index (χ0v) is 9.68. The Morgan fingerprint density at radius 2 is 2.00 bits per heavy atom. The van der Waals surface area contributed by atoms with Crippen molar-refractivity contribution in [1.82, 2.24) is 0 Å². The summed E-state index contributed by atoms with van der Waals surface area (Å²) in [6, 6.07) is 8.93. The van der Waals surface area contributed by atoms with E-state index in [1.165, 1.54) is 0 Å². The van der Waals surface area contributed by atoms with Gasteiger partial charge >= 0.3 is 0 Å². The van der Waals surface area contributed by atoms with Gasteiger partial charge in [-0.25, -0.2) is 8.78 Å². The average Bonchev–Trinajstić information content (AvgIpc) is 2.35. The van der Waals surface area contributed by atoms with Gasteiger partial charge in [0.15, 0.2) is 0 Å². The molecule has 1 atom stereocenters. The zero-order chi connectivity index (χ0) is 11.8. The van der Waals surface area contributed by atoms with Crippen LogP contribution in [-0.2, 0) is 0 Å². The quantitative estimate of drug-likeness (QED) is 0.710. The number of hydrogen-bond donors (Lipinski definition) is 0.